The molecule has 0 aliphatic heterocycles. The van der Waals surface area contributed by atoms with Crippen LogP contribution < -0.4 is 11.5 Å². The van der Waals surface area contributed by atoms with Gasteiger partial charge in [-0.3, -0.25) is 0 Å². The Morgan fingerprint density at radius 3 is 2.72 bits per heavy atom. The number of aryl methyl sites for hydroxylation is 1. The second-order valence-corrected chi connectivity index (χ2v) is 4.54. The zero-order chi connectivity index (χ0) is 13.3. The average molecular weight is 266 g/mol. The molecule has 3 nitrogen and oxygen atoms in total. The van der Waals surface area contributed by atoms with Gasteiger partial charge in [-0.15, -0.1) is 0 Å². The number of hydrogen-bond acceptors (Lipinski definition) is 3. The molecule has 0 saturated carbocycles. The summed E-state index contributed by atoms with van der Waals surface area (Å²) < 4.78 is 13.3. The molecule has 1 heterocycles. The van der Waals surface area contributed by atoms with Crippen molar-refractivity contribution >= 4 is 17.4 Å². The molecule has 18 heavy (non-hydrogen) atoms. The van der Waals surface area contributed by atoms with Crippen molar-refractivity contribution in [2.75, 3.05) is 5.73 Å². The van der Waals surface area contributed by atoms with Gasteiger partial charge in [0.25, 0.3) is 0 Å². The molecular formula is C13H13ClFN3. The summed E-state index contributed by atoms with van der Waals surface area (Å²) in [6.45, 7) is 1.86. The Balaban J connectivity index is 2.50. The average Bonchev–Trinajstić information content (AvgIpc) is 2.34. The van der Waals surface area contributed by atoms with E-state index in [2.05, 4.69) is 4.98 Å². The van der Waals surface area contributed by atoms with Gasteiger partial charge in [0.15, 0.2) is 0 Å². The van der Waals surface area contributed by atoms with Crippen LogP contribution in [0.2, 0.25) is 5.02 Å². The van der Waals surface area contributed by atoms with E-state index >= 15 is 0 Å². The maximum atomic E-state index is 13.3. The molecule has 0 radical (unpaired) electrons. The molecule has 0 saturated heterocycles. The van der Waals surface area contributed by atoms with Crippen LogP contribution in [-0.4, -0.2) is 4.98 Å². The highest BCUT2D eigenvalue weighted by Crippen LogP contribution is 2.28. The van der Waals surface area contributed by atoms with E-state index < -0.39 is 6.04 Å². The number of nitrogens with zero attached hydrogens (tertiary/aromatic N) is 1. The monoisotopic (exact) mass is 265 g/mol. The van der Waals surface area contributed by atoms with Crippen LogP contribution in [0.1, 0.15) is 22.7 Å². The maximum Gasteiger partial charge on any atom is 0.128 e. The number of pyridine rings is 1. The summed E-state index contributed by atoms with van der Waals surface area (Å²) in [7, 11) is 0. The van der Waals surface area contributed by atoms with Gasteiger partial charge in [-0.1, -0.05) is 17.7 Å². The van der Waals surface area contributed by atoms with Crippen molar-refractivity contribution in [3.8, 4) is 0 Å². The smallest absolute Gasteiger partial charge is 0.128 e. The lowest BCUT2D eigenvalue weighted by atomic mass is 9.96. The zero-order valence-electron chi connectivity index (χ0n) is 9.82. The number of nitrogens with two attached hydrogens (primary N) is 2. The summed E-state index contributed by atoms with van der Waals surface area (Å²) in [5.74, 6) is -0.0323. The fourth-order valence-electron chi connectivity index (χ4n) is 1.83. The molecule has 1 unspecified atom stereocenters. The highest BCUT2D eigenvalue weighted by Gasteiger charge is 2.16. The highest BCUT2D eigenvalue weighted by atomic mass is 35.5. The summed E-state index contributed by atoms with van der Waals surface area (Å²) in [5, 5.41) is 0.448. The predicted octanol–water partition coefficient (Wildman–Crippen LogP) is 2.81. The zero-order valence-corrected chi connectivity index (χ0v) is 10.6. The van der Waals surface area contributed by atoms with E-state index in [0.717, 1.165) is 5.56 Å². The number of aromatic nitrogens is 1. The molecule has 1 aromatic carbocycles. The largest absolute Gasteiger partial charge is 0.383 e. The number of benzene rings is 1. The Morgan fingerprint density at radius 1 is 1.28 bits per heavy atom. The lowest BCUT2D eigenvalue weighted by molar-refractivity contribution is 0.622. The predicted molar refractivity (Wildman–Crippen MR) is 70.8 cm³/mol. The van der Waals surface area contributed by atoms with Crippen molar-refractivity contribution in [2.45, 2.75) is 13.0 Å². The second-order valence-electron chi connectivity index (χ2n) is 4.11. The third-order valence-electron chi connectivity index (χ3n) is 2.83. The van der Waals surface area contributed by atoms with E-state index in [1.54, 1.807) is 12.1 Å². The lowest BCUT2D eigenvalue weighted by Crippen LogP contribution is -2.16. The Kier molecular flexibility index (Phi) is 3.50. The molecule has 0 fully saturated rings. The summed E-state index contributed by atoms with van der Waals surface area (Å²) in [6, 6.07) is 5.58. The second kappa shape index (κ2) is 4.92. The Hall–Kier alpha value is -1.65. The van der Waals surface area contributed by atoms with Gasteiger partial charge in [-0.25, -0.2) is 9.37 Å². The van der Waals surface area contributed by atoms with Crippen LogP contribution in [0.3, 0.4) is 0 Å². The molecule has 2 aromatic rings. The number of halogens is 2. The van der Waals surface area contributed by atoms with Gasteiger partial charge in [-0.2, -0.15) is 0 Å². The van der Waals surface area contributed by atoms with Gasteiger partial charge in [0, 0.05) is 11.8 Å². The van der Waals surface area contributed by atoms with Crippen LogP contribution in [0.5, 0.6) is 0 Å². The fourth-order valence-corrected chi connectivity index (χ4v) is 1.99. The number of hydrogen-bond donors (Lipinski definition) is 2. The fraction of sp³-hybridized carbons (Fsp3) is 0.154. The molecule has 0 aliphatic carbocycles. The van der Waals surface area contributed by atoms with Crippen LogP contribution in [0.25, 0.3) is 0 Å². The molecular weight excluding hydrogens is 253 g/mol. The van der Waals surface area contributed by atoms with E-state index in [-0.39, 0.29) is 5.82 Å². The molecule has 0 bridgehead atoms. The van der Waals surface area contributed by atoms with Gasteiger partial charge < -0.3 is 11.5 Å². The van der Waals surface area contributed by atoms with Crippen molar-refractivity contribution < 1.29 is 4.39 Å². The third kappa shape index (κ3) is 2.44. The molecule has 0 amide bonds. The van der Waals surface area contributed by atoms with Crippen molar-refractivity contribution in [3.05, 3.63) is 58.0 Å². The van der Waals surface area contributed by atoms with Crippen LogP contribution in [0.4, 0.5) is 10.2 Å². The highest BCUT2D eigenvalue weighted by molar-refractivity contribution is 6.30. The Bertz CT molecular complexity index is 535. The number of anilines is 1. The van der Waals surface area contributed by atoms with Gasteiger partial charge >= 0.3 is 0 Å². The summed E-state index contributed by atoms with van der Waals surface area (Å²) in [4.78, 5) is 3.95. The van der Waals surface area contributed by atoms with Crippen LogP contribution >= 0.6 is 11.6 Å². The topological polar surface area (TPSA) is 64.9 Å². The summed E-state index contributed by atoms with van der Waals surface area (Å²) in [5.41, 5.74) is 14.0. The molecule has 1 atom stereocenters. The standard InChI is InChI=1S/C13H13ClFN3/c1-7-2-3-9(15)5-10(7)12(16)11-4-8(14)6-18-13(11)17/h2-6,12H,16H2,1H3,(H2,17,18). The quantitative estimate of drug-likeness (QED) is 0.878. The molecule has 1 aromatic heterocycles. The Morgan fingerprint density at radius 2 is 2.00 bits per heavy atom. The first-order valence-electron chi connectivity index (χ1n) is 5.41. The van der Waals surface area contributed by atoms with E-state index in [9.17, 15) is 4.39 Å². The van der Waals surface area contributed by atoms with Gasteiger partial charge in [0.2, 0.25) is 0 Å². The molecule has 0 aliphatic rings. The molecule has 94 valence electrons. The first-order chi connectivity index (χ1) is 8.49. The van der Waals surface area contributed by atoms with Gasteiger partial charge in [-0.05, 0) is 36.2 Å². The molecule has 4 N–H and O–H groups in total. The van der Waals surface area contributed by atoms with Crippen LogP contribution in [0, 0.1) is 12.7 Å². The van der Waals surface area contributed by atoms with Gasteiger partial charge in [0.1, 0.15) is 11.6 Å². The van der Waals surface area contributed by atoms with E-state index in [4.69, 9.17) is 23.1 Å². The maximum absolute atomic E-state index is 13.3. The normalized spacial score (nSPS) is 12.4. The summed E-state index contributed by atoms with van der Waals surface area (Å²) >= 11 is 5.87. The van der Waals surface area contributed by atoms with Crippen molar-refractivity contribution in [1.82, 2.24) is 4.98 Å². The first-order valence-corrected chi connectivity index (χ1v) is 5.79. The van der Waals surface area contributed by atoms with Crippen molar-refractivity contribution in [2.24, 2.45) is 5.73 Å². The van der Waals surface area contributed by atoms with E-state index in [1.165, 1.54) is 18.3 Å². The van der Waals surface area contributed by atoms with Crippen molar-refractivity contribution in [1.29, 1.82) is 0 Å². The summed E-state index contributed by atoms with van der Waals surface area (Å²) in [6.07, 6.45) is 1.45. The minimum Gasteiger partial charge on any atom is -0.383 e. The Labute approximate surface area is 110 Å². The van der Waals surface area contributed by atoms with Crippen LogP contribution in [-0.2, 0) is 0 Å². The third-order valence-corrected chi connectivity index (χ3v) is 3.03. The SMILES string of the molecule is Cc1ccc(F)cc1C(N)c1cc(Cl)cnc1N. The van der Waals surface area contributed by atoms with Crippen molar-refractivity contribution in [3.63, 3.8) is 0 Å². The molecule has 2 rings (SSSR count). The first kappa shape index (κ1) is 12.8. The lowest BCUT2D eigenvalue weighted by Gasteiger charge is -2.16. The minimum absolute atomic E-state index is 0.301. The van der Waals surface area contributed by atoms with E-state index in [1.807, 2.05) is 6.92 Å². The molecule has 0 spiro atoms. The minimum atomic E-state index is -0.549. The van der Waals surface area contributed by atoms with E-state index in [0.29, 0.717) is 22.0 Å². The number of nitrogen functional groups attached to an aromatic ring is 1. The van der Waals surface area contributed by atoms with Gasteiger partial charge in [0.05, 0.1) is 11.1 Å². The molecule has 5 heteroatoms. The number of rotatable bonds is 2. The van der Waals surface area contributed by atoms with Crippen LogP contribution in [0.15, 0.2) is 30.5 Å².